The Kier molecular flexibility index (Phi) is 10.9. The Labute approximate surface area is 176 Å². The Bertz CT molecular complexity index is 655. The first-order valence-corrected chi connectivity index (χ1v) is 9.68. The number of nitrogens with two attached hydrogens (primary N) is 1. The lowest BCUT2D eigenvalue weighted by Crippen LogP contribution is -2.46. The maximum absolute atomic E-state index is 12.4. The normalized spacial score (nSPS) is 16.1. The van der Waals surface area contributed by atoms with Gasteiger partial charge in [0.2, 0.25) is 11.8 Å². The van der Waals surface area contributed by atoms with Gasteiger partial charge in [0.25, 0.3) is 5.91 Å². The molecule has 9 heteroatoms. The second-order valence-electron chi connectivity index (χ2n) is 6.62. The van der Waals surface area contributed by atoms with Gasteiger partial charge in [0, 0.05) is 49.7 Å². The molecule has 156 valence electrons. The SMILES string of the molecule is Cl.NCCNC(=O)C1CCCN(C(=O)CCCNC(=O)c2ccc(Cl)cc2)C1. The van der Waals surface area contributed by atoms with E-state index in [1.54, 1.807) is 29.2 Å². The minimum atomic E-state index is -0.186. The van der Waals surface area contributed by atoms with Crippen molar-refractivity contribution in [3.05, 3.63) is 34.9 Å². The molecule has 1 unspecified atom stereocenters. The lowest BCUT2D eigenvalue weighted by Gasteiger charge is -2.32. The number of hydrogen-bond donors (Lipinski definition) is 3. The Morgan fingerprint density at radius 1 is 1.14 bits per heavy atom. The van der Waals surface area contributed by atoms with Crippen LogP contribution in [0.15, 0.2) is 24.3 Å². The van der Waals surface area contributed by atoms with E-state index in [9.17, 15) is 14.4 Å². The third-order valence-electron chi connectivity index (χ3n) is 4.55. The maximum atomic E-state index is 12.4. The Morgan fingerprint density at radius 3 is 2.54 bits per heavy atom. The number of amides is 3. The van der Waals surface area contributed by atoms with Crippen LogP contribution in [0.4, 0.5) is 0 Å². The molecule has 1 heterocycles. The molecule has 1 aliphatic heterocycles. The van der Waals surface area contributed by atoms with E-state index in [4.69, 9.17) is 17.3 Å². The smallest absolute Gasteiger partial charge is 0.251 e. The molecule has 1 saturated heterocycles. The highest BCUT2D eigenvalue weighted by Crippen LogP contribution is 2.17. The minimum absolute atomic E-state index is 0. The summed E-state index contributed by atoms with van der Waals surface area (Å²) in [5.41, 5.74) is 5.94. The highest BCUT2D eigenvalue weighted by molar-refractivity contribution is 6.30. The number of benzene rings is 1. The Balaban J connectivity index is 0.00000392. The van der Waals surface area contributed by atoms with Crippen molar-refractivity contribution in [2.45, 2.75) is 25.7 Å². The third-order valence-corrected chi connectivity index (χ3v) is 4.80. The van der Waals surface area contributed by atoms with Crippen molar-refractivity contribution in [2.75, 3.05) is 32.7 Å². The number of piperidine rings is 1. The summed E-state index contributed by atoms with van der Waals surface area (Å²) in [4.78, 5) is 38.2. The molecule has 1 atom stereocenters. The van der Waals surface area contributed by atoms with Crippen molar-refractivity contribution >= 4 is 41.7 Å². The van der Waals surface area contributed by atoms with E-state index in [1.807, 2.05) is 0 Å². The van der Waals surface area contributed by atoms with Gasteiger partial charge < -0.3 is 21.3 Å². The summed E-state index contributed by atoms with van der Waals surface area (Å²) in [7, 11) is 0. The number of carbonyl (C=O) groups is 3. The molecule has 0 aliphatic carbocycles. The monoisotopic (exact) mass is 430 g/mol. The molecule has 1 aliphatic rings. The number of nitrogens with zero attached hydrogens (tertiary/aromatic N) is 1. The molecule has 0 saturated carbocycles. The first-order chi connectivity index (χ1) is 13.0. The molecule has 1 fully saturated rings. The maximum Gasteiger partial charge on any atom is 0.251 e. The molecule has 7 nitrogen and oxygen atoms in total. The lowest BCUT2D eigenvalue weighted by molar-refractivity contribution is -0.135. The zero-order valence-electron chi connectivity index (χ0n) is 15.8. The second kappa shape index (κ2) is 12.6. The van der Waals surface area contributed by atoms with Crippen molar-refractivity contribution in [2.24, 2.45) is 11.7 Å². The van der Waals surface area contributed by atoms with Gasteiger partial charge in [-0.15, -0.1) is 12.4 Å². The van der Waals surface area contributed by atoms with Crippen LogP contribution in [-0.2, 0) is 9.59 Å². The van der Waals surface area contributed by atoms with Gasteiger partial charge in [-0.1, -0.05) is 11.6 Å². The van der Waals surface area contributed by atoms with E-state index in [0.29, 0.717) is 56.2 Å². The van der Waals surface area contributed by atoms with E-state index in [0.717, 1.165) is 12.8 Å². The van der Waals surface area contributed by atoms with Crippen LogP contribution in [-0.4, -0.2) is 55.3 Å². The molecule has 1 aromatic rings. The van der Waals surface area contributed by atoms with Crippen LogP contribution in [0.1, 0.15) is 36.0 Å². The molecule has 0 bridgehead atoms. The van der Waals surface area contributed by atoms with Gasteiger partial charge in [-0.3, -0.25) is 14.4 Å². The van der Waals surface area contributed by atoms with E-state index >= 15 is 0 Å². The van der Waals surface area contributed by atoms with Gasteiger partial charge in [0.1, 0.15) is 0 Å². The molecular weight excluding hydrogens is 403 g/mol. The number of likely N-dealkylation sites (tertiary alicyclic amines) is 1. The van der Waals surface area contributed by atoms with Gasteiger partial charge >= 0.3 is 0 Å². The highest BCUT2D eigenvalue weighted by Gasteiger charge is 2.27. The summed E-state index contributed by atoms with van der Waals surface area (Å²) in [6.45, 7) is 2.41. The molecular formula is C19H28Cl2N4O3. The summed E-state index contributed by atoms with van der Waals surface area (Å²) >= 11 is 5.80. The van der Waals surface area contributed by atoms with Gasteiger partial charge in [-0.05, 0) is 43.5 Å². The summed E-state index contributed by atoms with van der Waals surface area (Å²) in [6, 6.07) is 6.64. The summed E-state index contributed by atoms with van der Waals surface area (Å²) < 4.78 is 0. The van der Waals surface area contributed by atoms with Crippen molar-refractivity contribution in [3.63, 3.8) is 0 Å². The zero-order chi connectivity index (χ0) is 19.6. The summed E-state index contributed by atoms with van der Waals surface area (Å²) in [6.07, 6.45) is 2.51. The van der Waals surface area contributed by atoms with E-state index < -0.39 is 0 Å². The average Bonchev–Trinajstić information content (AvgIpc) is 2.69. The van der Waals surface area contributed by atoms with Gasteiger partial charge in [-0.2, -0.15) is 0 Å². The van der Waals surface area contributed by atoms with E-state index in [-0.39, 0.29) is 36.0 Å². The fourth-order valence-corrected chi connectivity index (χ4v) is 3.19. The van der Waals surface area contributed by atoms with Gasteiger partial charge in [-0.25, -0.2) is 0 Å². The Morgan fingerprint density at radius 2 is 1.86 bits per heavy atom. The first-order valence-electron chi connectivity index (χ1n) is 9.30. The van der Waals surface area contributed by atoms with Crippen molar-refractivity contribution in [1.29, 1.82) is 0 Å². The lowest BCUT2D eigenvalue weighted by atomic mass is 9.96. The molecule has 28 heavy (non-hydrogen) atoms. The standard InChI is InChI=1S/C19H27ClN4O3.ClH/c20-16-7-5-14(6-8-16)18(26)22-10-1-4-17(25)24-12-2-3-15(13-24)19(27)23-11-9-21;/h5-8,15H,1-4,9-13,21H2,(H,22,26)(H,23,27);1H. The predicted molar refractivity (Wildman–Crippen MR) is 112 cm³/mol. The van der Waals surface area contributed by atoms with Crippen molar-refractivity contribution in [3.8, 4) is 0 Å². The zero-order valence-corrected chi connectivity index (χ0v) is 17.4. The number of hydrogen-bond acceptors (Lipinski definition) is 4. The van der Waals surface area contributed by atoms with Crippen LogP contribution in [0.2, 0.25) is 5.02 Å². The summed E-state index contributed by atoms with van der Waals surface area (Å²) in [5, 5.41) is 6.16. The highest BCUT2D eigenvalue weighted by atomic mass is 35.5. The van der Waals surface area contributed by atoms with Crippen LogP contribution in [0.5, 0.6) is 0 Å². The molecule has 0 radical (unpaired) electrons. The second-order valence-corrected chi connectivity index (χ2v) is 7.06. The van der Waals surface area contributed by atoms with Gasteiger partial charge in [0.15, 0.2) is 0 Å². The quantitative estimate of drug-likeness (QED) is 0.544. The predicted octanol–water partition coefficient (Wildman–Crippen LogP) is 1.59. The number of halogens is 2. The van der Waals surface area contributed by atoms with Gasteiger partial charge in [0.05, 0.1) is 5.92 Å². The van der Waals surface area contributed by atoms with Crippen LogP contribution >= 0.6 is 24.0 Å². The molecule has 0 aromatic heterocycles. The molecule has 3 amide bonds. The molecule has 0 spiro atoms. The topological polar surface area (TPSA) is 105 Å². The molecule has 2 rings (SSSR count). The molecule has 1 aromatic carbocycles. The van der Waals surface area contributed by atoms with Crippen molar-refractivity contribution < 1.29 is 14.4 Å². The third kappa shape index (κ3) is 7.66. The fraction of sp³-hybridized carbons (Fsp3) is 0.526. The van der Waals surface area contributed by atoms with Crippen LogP contribution < -0.4 is 16.4 Å². The van der Waals surface area contributed by atoms with Crippen LogP contribution in [0, 0.1) is 5.92 Å². The number of nitrogens with one attached hydrogen (secondary N) is 2. The van der Waals surface area contributed by atoms with Crippen LogP contribution in [0.25, 0.3) is 0 Å². The summed E-state index contributed by atoms with van der Waals surface area (Å²) in [5.74, 6) is -0.368. The minimum Gasteiger partial charge on any atom is -0.355 e. The fourth-order valence-electron chi connectivity index (χ4n) is 3.06. The van der Waals surface area contributed by atoms with E-state index in [2.05, 4.69) is 10.6 Å². The largest absolute Gasteiger partial charge is 0.355 e. The first kappa shape index (κ1) is 24.2. The molecule has 4 N–H and O–H groups in total. The van der Waals surface area contributed by atoms with Crippen molar-refractivity contribution in [1.82, 2.24) is 15.5 Å². The average molecular weight is 431 g/mol. The van der Waals surface area contributed by atoms with E-state index in [1.165, 1.54) is 0 Å². The Hall–Kier alpha value is -1.83. The number of rotatable bonds is 8. The number of carbonyl (C=O) groups excluding carboxylic acids is 3. The van der Waals surface area contributed by atoms with Crippen LogP contribution in [0.3, 0.4) is 0 Å².